The van der Waals surface area contributed by atoms with Gasteiger partial charge in [0.15, 0.2) is 9.84 Å². The zero-order chi connectivity index (χ0) is 21.1. The topological polar surface area (TPSA) is 109 Å². The number of carbonyl (C=O) groups excluding carboxylic acids is 1. The number of hydrogen-bond acceptors (Lipinski definition) is 5. The molecule has 2 aromatic rings. The van der Waals surface area contributed by atoms with Crippen LogP contribution >= 0.6 is 0 Å². The molecule has 0 heterocycles. The molecule has 0 radical (unpaired) electrons. The molecule has 28 heavy (non-hydrogen) atoms. The summed E-state index contributed by atoms with van der Waals surface area (Å²) < 4.78 is 51.2. The van der Waals surface area contributed by atoms with Gasteiger partial charge in [-0.05, 0) is 42.3 Å². The van der Waals surface area contributed by atoms with Gasteiger partial charge in [-0.2, -0.15) is 0 Å². The second-order valence-corrected chi connectivity index (χ2v) is 10.6. The van der Waals surface area contributed by atoms with Crippen LogP contribution in [0.5, 0.6) is 0 Å². The molecule has 2 N–H and O–H groups in total. The lowest BCUT2D eigenvalue weighted by molar-refractivity contribution is -0.118. The third kappa shape index (κ3) is 5.63. The van der Waals surface area contributed by atoms with E-state index in [1.165, 1.54) is 12.1 Å². The van der Waals surface area contributed by atoms with Gasteiger partial charge in [0.05, 0.1) is 9.79 Å². The molecular weight excluding hydrogens is 400 g/mol. The van der Waals surface area contributed by atoms with E-state index >= 15 is 0 Å². The van der Waals surface area contributed by atoms with Gasteiger partial charge in [0.1, 0.15) is 0 Å². The third-order valence-electron chi connectivity index (χ3n) is 4.09. The van der Waals surface area contributed by atoms with Gasteiger partial charge in [-0.25, -0.2) is 21.6 Å². The minimum absolute atomic E-state index is 0.0310. The van der Waals surface area contributed by atoms with Crippen LogP contribution in [0.4, 0.5) is 5.69 Å². The first kappa shape index (κ1) is 22.1. The summed E-state index contributed by atoms with van der Waals surface area (Å²) in [6.45, 7) is 5.22. The monoisotopic (exact) mass is 424 g/mol. The number of amides is 1. The molecule has 0 aliphatic rings. The molecule has 7 nitrogen and oxygen atoms in total. The second kappa shape index (κ2) is 8.42. The molecule has 0 atom stereocenters. The van der Waals surface area contributed by atoms with E-state index in [2.05, 4.69) is 10.0 Å². The highest BCUT2D eigenvalue weighted by Gasteiger charge is 2.19. The number of sulfonamides is 1. The number of benzene rings is 2. The zero-order valence-electron chi connectivity index (χ0n) is 16.2. The highest BCUT2D eigenvalue weighted by Crippen LogP contribution is 2.20. The number of anilines is 1. The second-order valence-electron chi connectivity index (χ2n) is 6.86. The van der Waals surface area contributed by atoms with Gasteiger partial charge in [-0.1, -0.05) is 32.0 Å². The normalized spacial score (nSPS) is 12.2. The van der Waals surface area contributed by atoms with Crippen LogP contribution < -0.4 is 10.0 Å². The first-order chi connectivity index (χ1) is 12.9. The summed E-state index contributed by atoms with van der Waals surface area (Å²) in [5, 5.41) is 2.76. The van der Waals surface area contributed by atoms with Crippen molar-refractivity contribution in [1.29, 1.82) is 0 Å². The van der Waals surface area contributed by atoms with Crippen molar-refractivity contribution in [2.45, 2.75) is 37.1 Å². The Morgan fingerprint density at radius 2 is 1.61 bits per heavy atom. The fourth-order valence-electron chi connectivity index (χ4n) is 2.35. The summed E-state index contributed by atoms with van der Waals surface area (Å²) in [6, 6.07) is 10.8. The molecular formula is C19H24N2O5S2. The number of rotatable bonds is 7. The molecule has 0 saturated heterocycles. The highest BCUT2D eigenvalue weighted by atomic mass is 32.2. The van der Waals surface area contributed by atoms with Gasteiger partial charge in [0, 0.05) is 24.4 Å². The summed E-state index contributed by atoms with van der Waals surface area (Å²) in [4.78, 5) is 11.6. The molecule has 1 amide bonds. The predicted octanol–water partition coefficient (Wildman–Crippen LogP) is 2.47. The molecule has 0 saturated carbocycles. The fraction of sp³-hybridized carbons (Fsp3) is 0.316. The molecule has 0 aromatic heterocycles. The Bertz CT molecular complexity index is 1070. The largest absolute Gasteiger partial charge is 0.326 e. The first-order valence-electron chi connectivity index (χ1n) is 8.60. The van der Waals surface area contributed by atoms with Crippen molar-refractivity contribution >= 4 is 31.5 Å². The van der Waals surface area contributed by atoms with Gasteiger partial charge in [-0.3, -0.25) is 4.79 Å². The Hall–Kier alpha value is -2.23. The predicted molar refractivity (Wildman–Crippen MR) is 108 cm³/mol. The van der Waals surface area contributed by atoms with Gasteiger partial charge in [0.2, 0.25) is 15.9 Å². The van der Waals surface area contributed by atoms with Crippen LogP contribution in [-0.2, 0) is 31.2 Å². The van der Waals surface area contributed by atoms with Crippen LogP contribution in [0.3, 0.4) is 0 Å². The smallest absolute Gasteiger partial charge is 0.241 e. The number of sulfone groups is 1. The van der Waals surface area contributed by atoms with Gasteiger partial charge in [-0.15, -0.1) is 0 Å². The van der Waals surface area contributed by atoms with Crippen LogP contribution in [0.2, 0.25) is 0 Å². The van der Waals surface area contributed by atoms with Crippen molar-refractivity contribution in [3.8, 4) is 0 Å². The minimum atomic E-state index is -3.90. The van der Waals surface area contributed by atoms with E-state index in [0.717, 1.165) is 12.3 Å². The van der Waals surface area contributed by atoms with Crippen LogP contribution in [0.1, 0.15) is 25.0 Å². The van der Waals surface area contributed by atoms with Gasteiger partial charge in [0.25, 0.3) is 0 Å². The maximum atomic E-state index is 12.6. The Balaban J connectivity index is 2.15. The molecule has 0 aliphatic heterocycles. The number of hydrogen-bond donors (Lipinski definition) is 2. The van der Waals surface area contributed by atoms with Crippen molar-refractivity contribution in [2.24, 2.45) is 5.92 Å². The van der Waals surface area contributed by atoms with Crippen LogP contribution in [0.25, 0.3) is 0 Å². The number of carbonyl (C=O) groups is 1. The summed E-state index contributed by atoms with van der Waals surface area (Å²) in [6.07, 6.45) is 1.03. The fourth-order valence-corrected chi connectivity index (χ4v) is 4.36. The Labute approximate surface area is 166 Å². The third-order valence-corrected chi connectivity index (χ3v) is 6.74. The summed E-state index contributed by atoms with van der Waals surface area (Å²) in [7, 11) is -7.41. The SMILES string of the molecule is Cc1ccc(S(C)(=O)=O)cc1S(=O)(=O)NCc1ccc(NC(=O)C(C)C)cc1. The van der Waals surface area contributed by atoms with Crippen molar-refractivity contribution in [2.75, 3.05) is 11.6 Å². The van der Waals surface area contributed by atoms with Crippen LogP contribution in [0, 0.1) is 12.8 Å². The molecule has 9 heteroatoms. The first-order valence-corrected chi connectivity index (χ1v) is 12.0. The lowest BCUT2D eigenvalue weighted by atomic mass is 10.2. The van der Waals surface area contributed by atoms with E-state index in [0.29, 0.717) is 16.8 Å². The molecule has 2 rings (SSSR count). The van der Waals surface area contributed by atoms with Crippen molar-refractivity contribution < 1.29 is 21.6 Å². The Morgan fingerprint density at radius 1 is 1.00 bits per heavy atom. The standard InChI is InChI=1S/C19H24N2O5S2/c1-13(2)19(22)21-16-8-6-15(7-9-16)12-20-28(25,26)18-11-17(27(4,23)24)10-5-14(18)3/h5-11,13,20H,12H2,1-4H3,(H,21,22). The van der Waals surface area contributed by atoms with Crippen molar-refractivity contribution in [1.82, 2.24) is 4.72 Å². The van der Waals surface area contributed by atoms with Crippen molar-refractivity contribution in [3.63, 3.8) is 0 Å². The summed E-state index contributed by atoms with van der Waals surface area (Å²) in [5.74, 6) is -0.243. The van der Waals surface area contributed by atoms with E-state index < -0.39 is 19.9 Å². The van der Waals surface area contributed by atoms with E-state index in [4.69, 9.17) is 0 Å². The molecule has 0 fully saturated rings. The van der Waals surface area contributed by atoms with Crippen LogP contribution in [-0.4, -0.2) is 29.0 Å². The van der Waals surface area contributed by atoms with E-state index in [9.17, 15) is 21.6 Å². The van der Waals surface area contributed by atoms with Gasteiger partial charge >= 0.3 is 0 Å². The maximum absolute atomic E-state index is 12.6. The molecule has 152 valence electrons. The maximum Gasteiger partial charge on any atom is 0.241 e. The number of nitrogens with one attached hydrogen (secondary N) is 2. The van der Waals surface area contributed by atoms with Crippen molar-refractivity contribution in [3.05, 3.63) is 53.6 Å². The van der Waals surface area contributed by atoms with E-state index in [-0.39, 0.29) is 28.2 Å². The molecule has 0 spiro atoms. The molecule has 0 unspecified atom stereocenters. The molecule has 2 aromatic carbocycles. The van der Waals surface area contributed by atoms with E-state index in [1.807, 2.05) is 0 Å². The molecule has 0 bridgehead atoms. The quantitative estimate of drug-likeness (QED) is 0.710. The van der Waals surface area contributed by atoms with Gasteiger partial charge < -0.3 is 5.32 Å². The van der Waals surface area contributed by atoms with Crippen LogP contribution in [0.15, 0.2) is 52.3 Å². The summed E-state index contributed by atoms with van der Waals surface area (Å²) in [5.41, 5.74) is 1.77. The lowest BCUT2D eigenvalue weighted by Crippen LogP contribution is -2.24. The number of aryl methyl sites for hydroxylation is 1. The zero-order valence-corrected chi connectivity index (χ0v) is 17.8. The average molecular weight is 425 g/mol. The molecule has 0 aliphatic carbocycles. The van der Waals surface area contributed by atoms with E-state index in [1.54, 1.807) is 45.0 Å². The highest BCUT2D eigenvalue weighted by molar-refractivity contribution is 7.91. The Kier molecular flexibility index (Phi) is 6.63. The summed E-state index contributed by atoms with van der Waals surface area (Å²) >= 11 is 0. The minimum Gasteiger partial charge on any atom is -0.326 e. The Morgan fingerprint density at radius 3 is 2.14 bits per heavy atom. The lowest BCUT2D eigenvalue weighted by Gasteiger charge is -2.12. The average Bonchev–Trinajstić information content (AvgIpc) is 2.60.